The molecule has 2 heterocycles. The van der Waals surface area contributed by atoms with Gasteiger partial charge in [0.1, 0.15) is 0 Å². The number of benzene rings is 1. The highest BCUT2D eigenvalue weighted by atomic mass is 79.9. The Morgan fingerprint density at radius 1 is 1.35 bits per heavy atom. The van der Waals surface area contributed by atoms with Gasteiger partial charge >= 0.3 is 5.69 Å². The number of nitrogens with one attached hydrogen (secondary N) is 2. The van der Waals surface area contributed by atoms with E-state index in [2.05, 4.69) is 26.2 Å². The van der Waals surface area contributed by atoms with E-state index < -0.39 is 0 Å². The average Bonchev–Trinajstić information content (AvgIpc) is 2.68. The first kappa shape index (κ1) is 11.0. The Balaban J connectivity index is 2.20. The van der Waals surface area contributed by atoms with Crippen molar-refractivity contribution in [3.8, 4) is 0 Å². The van der Waals surface area contributed by atoms with Gasteiger partial charge in [-0.25, -0.2) is 4.79 Å². The Morgan fingerprint density at radius 3 is 3.00 bits per heavy atom. The van der Waals surface area contributed by atoms with Crippen LogP contribution in [0.25, 0.3) is 11.0 Å². The molecule has 1 fully saturated rings. The molecule has 1 atom stereocenters. The van der Waals surface area contributed by atoms with E-state index in [4.69, 9.17) is 0 Å². The first-order chi connectivity index (χ1) is 8.27. The molecule has 0 aliphatic carbocycles. The smallest absolute Gasteiger partial charge is 0.305 e. The van der Waals surface area contributed by atoms with Gasteiger partial charge in [0.15, 0.2) is 0 Å². The van der Waals surface area contributed by atoms with Crippen LogP contribution in [0.15, 0.2) is 27.5 Å². The van der Waals surface area contributed by atoms with Crippen molar-refractivity contribution in [2.75, 3.05) is 6.54 Å². The fraction of sp³-hybridized carbons (Fsp3) is 0.417. The van der Waals surface area contributed by atoms with Crippen molar-refractivity contribution < 1.29 is 0 Å². The van der Waals surface area contributed by atoms with Crippen LogP contribution in [0.1, 0.15) is 25.4 Å². The van der Waals surface area contributed by atoms with Crippen molar-refractivity contribution >= 4 is 27.0 Å². The van der Waals surface area contributed by atoms with Crippen LogP contribution in [0.4, 0.5) is 0 Å². The normalized spacial score (nSPS) is 20.9. The second-order valence-corrected chi connectivity index (χ2v) is 5.26. The fourth-order valence-electron chi connectivity index (χ4n) is 2.49. The van der Waals surface area contributed by atoms with Gasteiger partial charge in [0.2, 0.25) is 0 Å². The molecule has 0 spiro atoms. The fourth-order valence-corrected chi connectivity index (χ4v) is 3.05. The summed E-state index contributed by atoms with van der Waals surface area (Å²) in [6.45, 7) is 0.980. The van der Waals surface area contributed by atoms with Crippen LogP contribution in [0.3, 0.4) is 0 Å². The van der Waals surface area contributed by atoms with E-state index in [0.717, 1.165) is 28.5 Å². The molecular weight excluding hydrogens is 282 g/mol. The lowest BCUT2D eigenvalue weighted by Gasteiger charge is -2.24. The Morgan fingerprint density at radius 2 is 2.24 bits per heavy atom. The number of piperidine rings is 1. The number of para-hydroxylation sites is 1. The number of hydrogen-bond acceptors (Lipinski definition) is 2. The van der Waals surface area contributed by atoms with Crippen molar-refractivity contribution in [2.24, 2.45) is 0 Å². The minimum Gasteiger partial charge on any atom is -0.305 e. The number of rotatable bonds is 1. The molecule has 5 heteroatoms. The third-order valence-corrected chi connectivity index (χ3v) is 3.92. The second kappa shape index (κ2) is 4.31. The Bertz CT molecular complexity index is 595. The maximum absolute atomic E-state index is 12.0. The third kappa shape index (κ3) is 1.83. The molecule has 90 valence electrons. The average molecular weight is 296 g/mol. The summed E-state index contributed by atoms with van der Waals surface area (Å²) in [5.41, 5.74) is 1.81. The van der Waals surface area contributed by atoms with Gasteiger partial charge in [-0.3, -0.25) is 9.88 Å². The quantitative estimate of drug-likeness (QED) is 0.849. The lowest BCUT2D eigenvalue weighted by molar-refractivity contribution is 0.321. The van der Waals surface area contributed by atoms with Crippen LogP contribution in [-0.4, -0.2) is 16.1 Å². The van der Waals surface area contributed by atoms with Crippen molar-refractivity contribution in [2.45, 2.75) is 25.4 Å². The summed E-state index contributed by atoms with van der Waals surface area (Å²) in [5, 5.41) is 3.40. The van der Waals surface area contributed by atoms with Crippen LogP contribution in [0.5, 0.6) is 0 Å². The Hall–Kier alpha value is -1.07. The van der Waals surface area contributed by atoms with E-state index in [1.165, 1.54) is 12.8 Å². The molecule has 2 N–H and O–H groups in total. The van der Waals surface area contributed by atoms with Gasteiger partial charge in [0.05, 0.1) is 17.2 Å². The van der Waals surface area contributed by atoms with Crippen LogP contribution < -0.4 is 11.0 Å². The van der Waals surface area contributed by atoms with Crippen LogP contribution in [0, 0.1) is 0 Å². The summed E-state index contributed by atoms with van der Waals surface area (Å²) in [5.74, 6) is 0. The van der Waals surface area contributed by atoms with Gasteiger partial charge in [-0.05, 0) is 53.9 Å². The first-order valence-corrected chi connectivity index (χ1v) is 6.69. The zero-order chi connectivity index (χ0) is 11.8. The minimum absolute atomic E-state index is 0.0358. The van der Waals surface area contributed by atoms with Gasteiger partial charge in [0, 0.05) is 4.47 Å². The van der Waals surface area contributed by atoms with Crippen molar-refractivity contribution in [1.29, 1.82) is 0 Å². The molecule has 0 saturated carbocycles. The molecule has 1 aliphatic rings. The number of H-pyrrole nitrogens is 1. The number of aromatic nitrogens is 2. The molecule has 4 nitrogen and oxygen atoms in total. The van der Waals surface area contributed by atoms with Gasteiger partial charge < -0.3 is 4.98 Å². The van der Waals surface area contributed by atoms with Crippen LogP contribution >= 0.6 is 15.9 Å². The Kier molecular flexibility index (Phi) is 2.80. The second-order valence-electron chi connectivity index (χ2n) is 4.40. The molecule has 0 bridgehead atoms. The molecule has 17 heavy (non-hydrogen) atoms. The van der Waals surface area contributed by atoms with Crippen LogP contribution in [-0.2, 0) is 0 Å². The van der Waals surface area contributed by atoms with Gasteiger partial charge in [-0.15, -0.1) is 0 Å². The largest absolute Gasteiger partial charge is 0.327 e. The molecule has 1 aromatic heterocycles. The lowest BCUT2D eigenvalue weighted by atomic mass is 10.1. The van der Waals surface area contributed by atoms with E-state index in [1.54, 1.807) is 0 Å². The maximum Gasteiger partial charge on any atom is 0.327 e. The van der Waals surface area contributed by atoms with E-state index >= 15 is 0 Å². The topological polar surface area (TPSA) is 49.8 Å². The van der Waals surface area contributed by atoms with Crippen molar-refractivity contribution in [3.05, 3.63) is 33.2 Å². The lowest BCUT2D eigenvalue weighted by Crippen LogP contribution is -2.36. The summed E-state index contributed by atoms with van der Waals surface area (Å²) in [6.07, 6.45) is 3.48. The van der Waals surface area contributed by atoms with E-state index in [1.807, 2.05) is 22.8 Å². The molecule has 0 radical (unpaired) electrons. The van der Waals surface area contributed by atoms with E-state index in [9.17, 15) is 4.79 Å². The molecule has 0 amide bonds. The highest BCUT2D eigenvalue weighted by Crippen LogP contribution is 2.26. The van der Waals surface area contributed by atoms with E-state index in [0.29, 0.717) is 0 Å². The monoisotopic (exact) mass is 295 g/mol. The Labute approximate surface area is 107 Å². The number of hydrogen-bond donors (Lipinski definition) is 2. The molecule has 2 aromatic rings. The van der Waals surface area contributed by atoms with Crippen molar-refractivity contribution in [3.63, 3.8) is 0 Å². The van der Waals surface area contributed by atoms with Crippen molar-refractivity contribution in [1.82, 2.24) is 14.9 Å². The summed E-state index contributed by atoms with van der Waals surface area (Å²) < 4.78 is 2.79. The maximum atomic E-state index is 12.0. The summed E-state index contributed by atoms with van der Waals surface area (Å²) in [7, 11) is 0. The molecule has 1 unspecified atom stereocenters. The summed E-state index contributed by atoms with van der Waals surface area (Å²) in [6, 6.07) is 5.83. The predicted octanol–water partition coefficient (Wildman–Crippen LogP) is 2.36. The minimum atomic E-state index is -0.0358. The van der Waals surface area contributed by atoms with Gasteiger partial charge in [-0.2, -0.15) is 0 Å². The molecular formula is C12H14BrN3O. The zero-order valence-corrected chi connectivity index (χ0v) is 11.0. The highest BCUT2D eigenvalue weighted by molar-refractivity contribution is 9.10. The highest BCUT2D eigenvalue weighted by Gasteiger charge is 2.20. The molecule has 1 aliphatic heterocycles. The number of fused-ring (bicyclic) bond motifs is 1. The molecule has 3 rings (SSSR count). The first-order valence-electron chi connectivity index (χ1n) is 5.89. The SMILES string of the molecule is O=c1[nH]c2cccc(Br)c2n1C1CCCCN1. The number of nitrogens with zero attached hydrogens (tertiary/aromatic N) is 1. The summed E-state index contributed by atoms with van der Waals surface area (Å²) in [4.78, 5) is 14.9. The van der Waals surface area contributed by atoms with Gasteiger partial charge in [0.25, 0.3) is 0 Å². The number of imidazole rings is 1. The van der Waals surface area contributed by atoms with Crippen LogP contribution in [0.2, 0.25) is 0 Å². The molecule has 1 aromatic carbocycles. The molecule has 1 saturated heterocycles. The summed E-state index contributed by atoms with van der Waals surface area (Å²) >= 11 is 3.52. The zero-order valence-electron chi connectivity index (χ0n) is 9.37. The van der Waals surface area contributed by atoms with E-state index in [-0.39, 0.29) is 11.9 Å². The standard InChI is InChI=1S/C12H14BrN3O/c13-8-4-3-5-9-11(8)16(12(17)15-9)10-6-1-2-7-14-10/h3-5,10,14H,1-2,6-7H2,(H,15,17). The number of aromatic amines is 1. The predicted molar refractivity (Wildman–Crippen MR) is 71.1 cm³/mol. The number of halogens is 1. The van der Waals surface area contributed by atoms with Gasteiger partial charge in [-0.1, -0.05) is 6.07 Å². The third-order valence-electron chi connectivity index (χ3n) is 3.28.